The fourth-order valence-electron chi connectivity index (χ4n) is 2.58. The van der Waals surface area contributed by atoms with E-state index in [2.05, 4.69) is 50.4 Å². The van der Waals surface area contributed by atoms with Crippen LogP contribution in [0.25, 0.3) is 0 Å². The fraction of sp³-hybridized carbons (Fsp3) is 0.333. The number of rotatable bonds is 5. The van der Waals surface area contributed by atoms with Crippen LogP contribution in [0.1, 0.15) is 41.6 Å². The molecule has 0 aromatic heterocycles. The zero-order valence-corrected chi connectivity index (χ0v) is 13.2. The molecule has 2 rings (SSSR count). The number of halogens is 1. The summed E-state index contributed by atoms with van der Waals surface area (Å²) in [6.07, 6.45) is 1.10. The maximum absolute atomic E-state index is 6.39. The fourth-order valence-corrected chi connectivity index (χ4v) is 2.83. The molecule has 0 aliphatic rings. The van der Waals surface area contributed by atoms with Crippen molar-refractivity contribution in [2.75, 3.05) is 6.54 Å². The minimum atomic E-state index is 0.155. The van der Waals surface area contributed by atoms with Gasteiger partial charge in [-0.3, -0.25) is 0 Å². The lowest BCUT2D eigenvalue weighted by Gasteiger charge is -2.21. The van der Waals surface area contributed by atoms with E-state index in [1.807, 2.05) is 18.2 Å². The zero-order chi connectivity index (χ0) is 14.5. The van der Waals surface area contributed by atoms with E-state index in [0.29, 0.717) is 0 Å². The Kier molecular flexibility index (Phi) is 5.22. The Balaban J connectivity index is 2.44. The van der Waals surface area contributed by atoms with E-state index in [1.54, 1.807) is 0 Å². The smallest absolute Gasteiger partial charge is 0.0591 e. The summed E-state index contributed by atoms with van der Waals surface area (Å²) in [6, 6.07) is 14.9. The average molecular weight is 288 g/mol. The molecule has 0 amide bonds. The number of nitrogens with one attached hydrogen (secondary N) is 1. The Labute approximate surface area is 127 Å². The second-order valence-corrected chi connectivity index (χ2v) is 5.74. The predicted octanol–water partition coefficient (Wildman–Crippen LogP) is 5.05. The van der Waals surface area contributed by atoms with Gasteiger partial charge in [-0.15, -0.1) is 0 Å². The lowest BCUT2D eigenvalue weighted by Crippen LogP contribution is -2.23. The van der Waals surface area contributed by atoms with Crippen molar-refractivity contribution in [1.82, 2.24) is 5.32 Å². The van der Waals surface area contributed by atoms with Crippen LogP contribution in [0.4, 0.5) is 0 Å². The summed E-state index contributed by atoms with van der Waals surface area (Å²) < 4.78 is 0. The highest BCUT2D eigenvalue weighted by Crippen LogP contribution is 2.29. The SMILES string of the molecule is CCCNC(c1cc(C)cc(C)c1)c1ccccc1Cl. The van der Waals surface area contributed by atoms with Gasteiger partial charge < -0.3 is 5.32 Å². The number of aryl methyl sites for hydroxylation is 2. The minimum absolute atomic E-state index is 0.155. The van der Waals surface area contributed by atoms with Crippen LogP contribution >= 0.6 is 11.6 Å². The second kappa shape index (κ2) is 6.92. The van der Waals surface area contributed by atoms with Gasteiger partial charge in [-0.2, -0.15) is 0 Å². The molecule has 20 heavy (non-hydrogen) atoms. The van der Waals surface area contributed by atoms with Crippen molar-refractivity contribution in [3.05, 3.63) is 69.7 Å². The third-order valence-electron chi connectivity index (χ3n) is 3.39. The van der Waals surface area contributed by atoms with Gasteiger partial charge in [0.05, 0.1) is 6.04 Å². The first kappa shape index (κ1) is 15.1. The van der Waals surface area contributed by atoms with Crippen molar-refractivity contribution in [2.45, 2.75) is 33.2 Å². The lowest BCUT2D eigenvalue weighted by atomic mass is 9.95. The molecule has 0 fully saturated rings. The molecule has 0 saturated carbocycles. The van der Waals surface area contributed by atoms with E-state index in [9.17, 15) is 0 Å². The summed E-state index contributed by atoms with van der Waals surface area (Å²) >= 11 is 6.39. The van der Waals surface area contributed by atoms with Crippen molar-refractivity contribution in [1.29, 1.82) is 0 Å². The Bertz CT molecular complexity index is 557. The largest absolute Gasteiger partial charge is 0.306 e. The summed E-state index contributed by atoms with van der Waals surface area (Å²) in [6.45, 7) is 7.43. The van der Waals surface area contributed by atoms with Gasteiger partial charge in [0, 0.05) is 5.02 Å². The Morgan fingerprint density at radius 1 is 1.05 bits per heavy atom. The third kappa shape index (κ3) is 3.62. The summed E-state index contributed by atoms with van der Waals surface area (Å²) in [7, 11) is 0. The molecule has 1 N–H and O–H groups in total. The monoisotopic (exact) mass is 287 g/mol. The van der Waals surface area contributed by atoms with E-state index >= 15 is 0 Å². The first-order valence-corrected chi connectivity index (χ1v) is 7.55. The van der Waals surface area contributed by atoms with Crippen LogP contribution in [-0.4, -0.2) is 6.54 Å². The Morgan fingerprint density at radius 2 is 1.70 bits per heavy atom. The third-order valence-corrected chi connectivity index (χ3v) is 3.74. The molecule has 0 aliphatic heterocycles. The van der Waals surface area contributed by atoms with Crippen LogP contribution in [-0.2, 0) is 0 Å². The molecule has 1 unspecified atom stereocenters. The van der Waals surface area contributed by atoms with Crippen LogP contribution in [0.3, 0.4) is 0 Å². The molecular formula is C18H22ClN. The molecule has 2 aromatic rings. The summed E-state index contributed by atoms with van der Waals surface area (Å²) in [4.78, 5) is 0. The van der Waals surface area contributed by atoms with Crippen molar-refractivity contribution in [3.8, 4) is 0 Å². The molecule has 1 nitrogen and oxygen atoms in total. The van der Waals surface area contributed by atoms with Gasteiger partial charge in [0.15, 0.2) is 0 Å². The summed E-state index contributed by atoms with van der Waals surface area (Å²) in [5, 5.41) is 4.43. The lowest BCUT2D eigenvalue weighted by molar-refractivity contribution is 0.598. The predicted molar refractivity (Wildman–Crippen MR) is 87.5 cm³/mol. The molecule has 106 valence electrons. The minimum Gasteiger partial charge on any atom is -0.306 e. The number of benzene rings is 2. The van der Waals surface area contributed by atoms with Crippen molar-refractivity contribution >= 4 is 11.6 Å². The number of hydrogen-bond acceptors (Lipinski definition) is 1. The molecule has 2 aromatic carbocycles. The maximum Gasteiger partial charge on any atom is 0.0591 e. The first-order chi connectivity index (χ1) is 9.61. The molecule has 0 heterocycles. The standard InChI is InChI=1S/C18H22ClN/c1-4-9-20-18(16-7-5-6-8-17(16)19)15-11-13(2)10-14(3)12-15/h5-8,10-12,18,20H,4,9H2,1-3H3. The van der Waals surface area contributed by atoms with Gasteiger partial charge in [0.1, 0.15) is 0 Å². The molecule has 0 radical (unpaired) electrons. The summed E-state index contributed by atoms with van der Waals surface area (Å²) in [5.41, 5.74) is 5.00. The normalized spacial score (nSPS) is 12.4. The molecule has 0 spiro atoms. The zero-order valence-electron chi connectivity index (χ0n) is 12.4. The molecule has 0 aliphatic carbocycles. The highest BCUT2D eigenvalue weighted by Gasteiger charge is 2.16. The van der Waals surface area contributed by atoms with E-state index in [-0.39, 0.29) is 6.04 Å². The molecule has 1 atom stereocenters. The van der Waals surface area contributed by atoms with Gasteiger partial charge in [-0.05, 0) is 44.0 Å². The second-order valence-electron chi connectivity index (χ2n) is 5.33. The maximum atomic E-state index is 6.39. The van der Waals surface area contributed by atoms with Gasteiger partial charge >= 0.3 is 0 Å². The van der Waals surface area contributed by atoms with E-state index in [1.165, 1.54) is 16.7 Å². The molecule has 0 bridgehead atoms. The molecular weight excluding hydrogens is 266 g/mol. The van der Waals surface area contributed by atoms with Gasteiger partial charge in [0.25, 0.3) is 0 Å². The first-order valence-electron chi connectivity index (χ1n) is 7.18. The quantitative estimate of drug-likeness (QED) is 0.812. The van der Waals surface area contributed by atoms with Gasteiger partial charge in [-0.1, -0.05) is 66.0 Å². The van der Waals surface area contributed by atoms with Crippen LogP contribution < -0.4 is 5.32 Å². The Morgan fingerprint density at radius 3 is 2.30 bits per heavy atom. The van der Waals surface area contributed by atoms with E-state index in [0.717, 1.165) is 23.6 Å². The highest BCUT2D eigenvalue weighted by atomic mass is 35.5. The van der Waals surface area contributed by atoms with E-state index < -0.39 is 0 Å². The van der Waals surface area contributed by atoms with Crippen LogP contribution in [0.15, 0.2) is 42.5 Å². The van der Waals surface area contributed by atoms with Crippen LogP contribution in [0.2, 0.25) is 5.02 Å². The molecule has 0 saturated heterocycles. The Hall–Kier alpha value is -1.31. The van der Waals surface area contributed by atoms with E-state index in [4.69, 9.17) is 11.6 Å². The summed E-state index contributed by atoms with van der Waals surface area (Å²) in [5.74, 6) is 0. The van der Waals surface area contributed by atoms with Gasteiger partial charge in [0.2, 0.25) is 0 Å². The van der Waals surface area contributed by atoms with Gasteiger partial charge in [-0.25, -0.2) is 0 Å². The van der Waals surface area contributed by atoms with Crippen molar-refractivity contribution in [3.63, 3.8) is 0 Å². The van der Waals surface area contributed by atoms with Crippen molar-refractivity contribution < 1.29 is 0 Å². The van der Waals surface area contributed by atoms with Crippen LogP contribution in [0, 0.1) is 13.8 Å². The van der Waals surface area contributed by atoms with Crippen LogP contribution in [0.5, 0.6) is 0 Å². The average Bonchev–Trinajstić information content (AvgIpc) is 2.40. The molecule has 2 heteroatoms. The van der Waals surface area contributed by atoms with Crippen molar-refractivity contribution in [2.24, 2.45) is 0 Å². The highest BCUT2D eigenvalue weighted by molar-refractivity contribution is 6.31. The number of hydrogen-bond donors (Lipinski definition) is 1. The topological polar surface area (TPSA) is 12.0 Å².